The molecule has 142 valence electrons. The Labute approximate surface area is 159 Å². The molecule has 2 aliphatic heterocycles. The summed E-state index contributed by atoms with van der Waals surface area (Å²) in [6.45, 7) is 5.06. The SMILES string of the molecule is O=C(CN1CCN(C(=O)c2ccnc3ccccc23)CC1)N1CCCCC1. The lowest BCUT2D eigenvalue weighted by Gasteiger charge is -2.36. The number of para-hydroxylation sites is 1. The zero-order valence-electron chi connectivity index (χ0n) is 15.6. The first-order valence-corrected chi connectivity index (χ1v) is 9.85. The van der Waals surface area contributed by atoms with Crippen LogP contribution in [0.1, 0.15) is 29.6 Å². The van der Waals surface area contributed by atoms with Crippen LogP contribution in [-0.4, -0.2) is 77.3 Å². The fourth-order valence-electron chi connectivity index (χ4n) is 4.00. The predicted octanol–water partition coefficient (Wildman–Crippen LogP) is 2.01. The highest BCUT2D eigenvalue weighted by Gasteiger charge is 2.26. The molecule has 1 aromatic carbocycles. The van der Waals surface area contributed by atoms with Gasteiger partial charge in [0.25, 0.3) is 5.91 Å². The summed E-state index contributed by atoms with van der Waals surface area (Å²) in [5, 5.41) is 0.896. The maximum atomic E-state index is 13.0. The summed E-state index contributed by atoms with van der Waals surface area (Å²) in [5.41, 5.74) is 1.55. The van der Waals surface area contributed by atoms with Crippen molar-refractivity contribution in [2.24, 2.45) is 0 Å². The van der Waals surface area contributed by atoms with Gasteiger partial charge in [0.15, 0.2) is 0 Å². The topological polar surface area (TPSA) is 56.8 Å². The quantitative estimate of drug-likeness (QED) is 0.834. The number of benzene rings is 1. The monoisotopic (exact) mass is 366 g/mol. The molecule has 0 aliphatic carbocycles. The Bertz CT molecular complexity index is 819. The number of piperidine rings is 1. The molecule has 6 nitrogen and oxygen atoms in total. The Morgan fingerprint density at radius 1 is 0.852 bits per heavy atom. The third kappa shape index (κ3) is 3.95. The molecule has 0 atom stereocenters. The number of fused-ring (bicyclic) bond motifs is 1. The number of hydrogen-bond donors (Lipinski definition) is 0. The van der Waals surface area contributed by atoms with Crippen LogP contribution < -0.4 is 0 Å². The first kappa shape index (κ1) is 17.9. The summed E-state index contributed by atoms with van der Waals surface area (Å²) in [6.07, 6.45) is 5.17. The average molecular weight is 366 g/mol. The molecule has 2 amide bonds. The lowest BCUT2D eigenvalue weighted by Crippen LogP contribution is -2.52. The summed E-state index contributed by atoms with van der Waals surface area (Å²) in [4.78, 5) is 35.8. The van der Waals surface area contributed by atoms with Crippen LogP contribution in [0.25, 0.3) is 10.9 Å². The molecule has 0 radical (unpaired) electrons. The molecular formula is C21H26N4O2. The van der Waals surface area contributed by atoms with Gasteiger partial charge in [-0.3, -0.25) is 19.5 Å². The third-order valence-electron chi connectivity index (χ3n) is 5.61. The zero-order valence-corrected chi connectivity index (χ0v) is 15.6. The maximum absolute atomic E-state index is 13.0. The Balaban J connectivity index is 1.36. The van der Waals surface area contributed by atoms with E-state index < -0.39 is 0 Å². The fourth-order valence-corrected chi connectivity index (χ4v) is 4.00. The molecule has 2 aliphatic rings. The van der Waals surface area contributed by atoms with Crippen LogP contribution in [0.2, 0.25) is 0 Å². The lowest BCUT2D eigenvalue weighted by molar-refractivity contribution is -0.133. The molecule has 4 rings (SSSR count). The Kier molecular flexibility index (Phi) is 5.34. The summed E-state index contributed by atoms with van der Waals surface area (Å²) in [6, 6.07) is 9.54. The summed E-state index contributed by atoms with van der Waals surface area (Å²) in [5.74, 6) is 0.283. The molecule has 2 saturated heterocycles. The van der Waals surface area contributed by atoms with E-state index in [0.717, 1.165) is 49.9 Å². The fraction of sp³-hybridized carbons (Fsp3) is 0.476. The van der Waals surface area contributed by atoms with Crippen LogP contribution in [0.15, 0.2) is 36.5 Å². The van der Waals surface area contributed by atoms with Crippen LogP contribution in [-0.2, 0) is 4.79 Å². The number of piperazine rings is 1. The molecule has 0 unspecified atom stereocenters. The Morgan fingerprint density at radius 3 is 2.37 bits per heavy atom. The van der Waals surface area contributed by atoms with Crippen molar-refractivity contribution in [3.05, 3.63) is 42.1 Å². The highest BCUT2D eigenvalue weighted by Crippen LogP contribution is 2.19. The van der Waals surface area contributed by atoms with Crippen molar-refractivity contribution < 1.29 is 9.59 Å². The molecular weight excluding hydrogens is 340 g/mol. The number of carbonyl (C=O) groups excluding carboxylic acids is 2. The van der Waals surface area contributed by atoms with E-state index in [0.29, 0.717) is 25.2 Å². The van der Waals surface area contributed by atoms with Crippen LogP contribution in [0, 0.1) is 0 Å². The van der Waals surface area contributed by atoms with Gasteiger partial charge < -0.3 is 9.80 Å². The van der Waals surface area contributed by atoms with Crippen molar-refractivity contribution in [2.75, 3.05) is 45.8 Å². The van der Waals surface area contributed by atoms with E-state index in [1.54, 1.807) is 12.3 Å². The second kappa shape index (κ2) is 8.05. The number of amides is 2. The smallest absolute Gasteiger partial charge is 0.254 e. The maximum Gasteiger partial charge on any atom is 0.254 e. The second-order valence-electron chi connectivity index (χ2n) is 7.39. The first-order chi connectivity index (χ1) is 13.2. The normalized spacial score (nSPS) is 18.7. The molecule has 2 fully saturated rings. The average Bonchev–Trinajstić information content (AvgIpc) is 2.74. The van der Waals surface area contributed by atoms with Gasteiger partial charge in [0.1, 0.15) is 0 Å². The number of rotatable bonds is 3. The van der Waals surface area contributed by atoms with Gasteiger partial charge in [0.2, 0.25) is 5.91 Å². The molecule has 2 aromatic rings. The van der Waals surface area contributed by atoms with Crippen molar-refractivity contribution >= 4 is 22.7 Å². The van der Waals surface area contributed by atoms with E-state index in [2.05, 4.69) is 9.88 Å². The van der Waals surface area contributed by atoms with Crippen LogP contribution in [0.4, 0.5) is 0 Å². The van der Waals surface area contributed by atoms with Gasteiger partial charge in [-0.25, -0.2) is 0 Å². The van der Waals surface area contributed by atoms with Crippen molar-refractivity contribution in [3.8, 4) is 0 Å². The first-order valence-electron chi connectivity index (χ1n) is 9.85. The number of hydrogen-bond acceptors (Lipinski definition) is 4. The molecule has 27 heavy (non-hydrogen) atoms. The minimum atomic E-state index is 0.0515. The standard InChI is InChI=1S/C21H26N4O2/c26-20(24-10-4-1-5-11-24)16-23-12-14-25(15-13-23)21(27)18-8-9-22-19-7-3-2-6-17(18)19/h2-3,6-9H,1,4-5,10-16H2. The molecule has 6 heteroatoms. The Morgan fingerprint density at radius 2 is 1.59 bits per heavy atom. The summed E-state index contributed by atoms with van der Waals surface area (Å²) >= 11 is 0. The molecule has 0 N–H and O–H groups in total. The van der Waals surface area contributed by atoms with Crippen molar-refractivity contribution in [1.82, 2.24) is 19.7 Å². The minimum absolute atomic E-state index is 0.0515. The zero-order chi connectivity index (χ0) is 18.6. The van der Waals surface area contributed by atoms with Crippen molar-refractivity contribution in [2.45, 2.75) is 19.3 Å². The summed E-state index contributed by atoms with van der Waals surface area (Å²) in [7, 11) is 0. The molecule has 3 heterocycles. The van der Waals surface area contributed by atoms with E-state index in [1.807, 2.05) is 34.1 Å². The molecule has 0 saturated carbocycles. The molecule has 0 spiro atoms. The Hall–Kier alpha value is -2.47. The number of nitrogens with zero attached hydrogens (tertiary/aromatic N) is 4. The van der Waals surface area contributed by atoms with Crippen molar-refractivity contribution in [3.63, 3.8) is 0 Å². The van der Waals surface area contributed by atoms with Gasteiger partial charge in [-0.1, -0.05) is 18.2 Å². The van der Waals surface area contributed by atoms with E-state index >= 15 is 0 Å². The van der Waals surface area contributed by atoms with Gasteiger partial charge in [-0.15, -0.1) is 0 Å². The van der Waals surface area contributed by atoms with E-state index in [9.17, 15) is 9.59 Å². The van der Waals surface area contributed by atoms with Gasteiger partial charge in [0, 0.05) is 50.9 Å². The third-order valence-corrected chi connectivity index (χ3v) is 5.61. The van der Waals surface area contributed by atoms with Gasteiger partial charge in [-0.2, -0.15) is 0 Å². The number of carbonyl (C=O) groups is 2. The van der Waals surface area contributed by atoms with Gasteiger partial charge in [0.05, 0.1) is 17.6 Å². The number of likely N-dealkylation sites (tertiary alicyclic amines) is 1. The van der Waals surface area contributed by atoms with Crippen LogP contribution in [0.5, 0.6) is 0 Å². The number of aromatic nitrogens is 1. The lowest BCUT2D eigenvalue weighted by atomic mass is 10.1. The highest BCUT2D eigenvalue weighted by molar-refractivity contribution is 6.06. The van der Waals surface area contributed by atoms with Gasteiger partial charge in [-0.05, 0) is 31.4 Å². The van der Waals surface area contributed by atoms with Gasteiger partial charge >= 0.3 is 0 Å². The van der Waals surface area contributed by atoms with E-state index in [1.165, 1.54) is 6.42 Å². The second-order valence-corrected chi connectivity index (χ2v) is 7.39. The van der Waals surface area contributed by atoms with Crippen molar-refractivity contribution in [1.29, 1.82) is 0 Å². The molecule has 0 bridgehead atoms. The minimum Gasteiger partial charge on any atom is -0.342 e. The molecule has 1 aromatic heterocycles. The van der Waals surface area contributed by atoms with Crippen LogP contribution in [0.3, 0.4) is 0 Å². The summed E-state index contributed by atoms with van der Waals surface area (Å²) < 4.78 is 0. The van der Waals surface area contributed by atoms with E-state index in [-0.39, 0.29) is 11.8 Å². The predicted molar refractivity (Wildman–Crippen MR) is 105 cm³/mol. The highest BCUT2D eigenvalue weighted by atomic mass is 16.2. The largest absolute Gasteiger partial charge is 0.342 e. The number of pyridine rings is 1. The van der Waals surface area contributed by atoms with E-state index in [4.69, 9.17) is 0 Å². The van der Waals surface area contributed by atoms with Crippen LogP contribution >= 0.6 is 0 Å².